The fraction of sp³-hybridized carbons (Fsp3) is 0.500. The quantitative estimate of drug-likeness (QED) is 0.817. The summed E-state index contributed by atoms with van der Waals surface area (Å²) >= 11 is 6.13. The highest BCUT2D eigenvalue weighted by molar-refractivity contribution is 6.33. The molecule has 106 valence electrons. The first-order valence-corrected chi connectivity index (χ1v) is 6.45. The fourth-order valence-electron chi connectivity index (χ4n) is 1.91. The van der Waals surface area contributed by atoms with Crippen molar-refractivity contribution in [2.45, 2.75) is 19.4 Å². The van der Waals surface area contributed by atoms with Crippen LogP contribution in [0.2, 0.25) is 5.02 Å². The number of carbonyl (C=O) groups excluding carboxylic acids is 1. The number of halogens is 1. The molecular weight excluding hydrogens is 266 g/mol. The summed E-state index contributed by atoms with van der Waals surface area (Å²) in [7, 11) is 2.91. The molecule has 0 aromatic heterocycles. The van der Waals surface area contributed by atoms with E-state index in [0.29, 0.717) is 10.7 Å². The number of benzene rings is 1. The number of anilines is 1. The van der Waals surface area contributed by atoms with Gasteiger partial charge in [-0.25, -0.2) is 4.79 Å². The number of carbonyl (C=O) groups is 1. The molecule has 1 N–H and O–H groups in total. The molecule has 0 bridgehead atoms. The summed E-state index contributed by atoms with van der Waals surface area (Å²) in [6.07, 6.45) is 0. The Bertz CT molecular complexity index is 436. The normalized spacial score (nSPS) is 14.0. The number of hydrogen-bond donors (Lipinski definition) is 1. The summed E-state index contributed by atoms with van der Waals surface area (Å²) in [6, 6.07) is 7.26. The monoisotopic (exact) mass is 285 g/mol. The molecule has 0 saturated carbocycles. The van der Waals surface area contributed by atoms with E-state index in [1.54, 1.807) is 13.2 Å². The van der Waals surface area contributed by atoms with Crippen LogP contribution in [0.25, 0.3) is 0 Å². The number of hydrogen-bond acceptors (Lipinski definition) is 4. The summed E-state index contributed by atoms with van der Waals surface area (Å²) < 4.78 is 10.1. The van der Waals surface area contributed by atoms with Crippen molar-refractivity contribution in [2.24, 2.45) is 5.92 Å². The van der Waals surface area contributed by atoms with Gasteiger partial charge in [0.1, 0.15) is 0 Å². The Labute approximate surface area is 119 Å². The Hall–Kier alpha value is -1.26. The molecule has 0 saturated heterocycles. The summed E-state index contributed by atoms with van der Waals surface area (Å²) in [4.78, 5) is 12.2. The number of para-hydroxylation sites is 1. The molecule has 0 heterocycles. The van der Waals surface area contributed by atoms with Gasteiger partial charge in [0.25, 0.3) is 0 Å². The fourth-order valence-corrected chi connectivity index (χ4v) is 2.09. The first-order chi connectivity index (χ1) is 8.97. The van der Waals surface area contributed by atoms with Crippen molar-refractivity contribution < 1.29 is 14.3 Å². The van der Waals surface area contributed by atoms with E-state index in [2.05, 4.69) is 5.32 Å². The summed E-state index contributed by atoms with van der Waals surface area (Å²) in [5.74, 6) is -0.402. The van der Waals surface area contributed by atoms with E-state index < -0.39 is 5.54 Å². The Morgan fingerprint density at radius 1 is 1.37 bits per heavy atom. The zero-order valence-corrected chi connectivity index (χ0v) is 12.5. The standard InChI is InChI=1S/C14H20ClNO3/c1-10(2)14(9-18-3,13(17)19-4)16-12-8-6-5-7-11(12)15/h5-8,10,16H,9H2,1-4H3. The predicted molar refractivity (Wildman–Crippen MR) is 76.5 cm³/mol. The number of nitrogens with one attached hydrogen (secondary N) is 1. The molecule has 0 aliphatic rings. The Morgan fingerprint density at radius 2 is 2.00 bits per heavy atom. The third kappa shape index (κ3) is 3.39. The molecule has 1 aromatic carbocycles. The molecular formula is C14H20ClNO3. The lowest BCUT2D eigenvalue weighted by Crippen LogP contribution is -2.55. The lowest BCUT2D eigenvalue weighted by atomic mass is 9.86. The molecule has 0 amide bonds. The van der Waals surface area contributed by atoms with Crippen LogP contribution in [0.5, 0.6) is 0 Å². The minimum atomic E-state index is -0.964. The third-order valence-electron chi connectivity index (χ3n) is 3.14. The second-order valence-corrected chi connectivity index (χ2v) is 5.06. The van der Waals surface area contributed by atoms with Crippen LogP contribution in [0.4, 0.5) is 5.69 Å². The first-order valence-electron chi connectivity index (χ1n) is 6.08. The lowest BCUT2D eigenvalue weighted by Gasteiger charge is -2.36. The molecule has 19 heavy (non-hydrogen) atoms. The minimum absolute atomic E-state index is 0.0313. The second kappa shape index (κ2) is 6.78. The summed E-state index contributed by atoms with van der Waals surface area (Å²) in [5, 5.41) is 3.73. The molecule has 0 aliphatic carbocycles. The van der Waals surface area contributed by atoms with Crippen molar-refractivity contribution in [2.75, 3.05) is 26.1 Å². The summed E-state index contributed by atoms with van der Waals surface area (Å²) in [6.45, 7) is 4.06. The van der Waals surface area contributed by atoms with Crippen molar-refractivity contribution in [3.8, 4) is 0 Å². The van der Waals surface area contributed by atoms with Gasteiger partial charge in [-0.1, -0.05) is 37.6 Å². The maximum absolute atomic E-state index is 12.2. The van der Waals surface area contributed by atoms with Gasteiger partial charge in [0.2, 0.25) is 0 Å². The third-order valence-corrected chi connectivity index (χ3v) is 3.47. The predicted octanol–water partition coefficient (Wildman–Crippen LogP) is 2.97. The van der Waals surface area contributed by atoms with Crippen molar-refractivity contribution in [1.29, 1.82) is 0 Å². The Kier molecular flexibility index (Phi) is 5.63. The molecule has 0 radical (unpaired) electrons. The lowest BCUT2D eigenvalue weighted by molar-refractivity contribution is -0.150. The minimum Gasteiger partial charge on any atom is -0.467 e. The van der Waals surface area contributed by atoms with Crippen LogP contribution >= 0.6 is 11.6 Å². The van der Waals surface area contributed by atoms with Gasteiger partial charge >= 0.3 is 5.97 Å². The summed E-state index contributed by atoms with van der Waals surface area (Å²) in [5.41, 5.74) is -0.283. The molecule has 5 heteroatoms. The van der Waals surface area contributed by atoms with Crippen molar-refractivity contribution in [1.82, 2.24) is 0 Å². The number of methoxy groups -OCH3 is 2. The highest BCUT2D eigenvalue weighted by atomic mass is 35.5. The van der Waals surface area contributed by atoms with E-state index in [1.807, 2.05) is 32.0 Å². The van der Waals surface area contributed by atoms with Gasteiger partial charge in [-0.05, 0) is 18.1 Å². The van der Waals surface area contributed by atoms with Crippen LogP contribution in [-0.2, 0) is 14.3 Å². The second-order valence-electron chi connectivity index (χ2n) is 4.66. The van der Waals surface area contributed by atoms with Gasteiger partial charge < -0.3 is 14.8 Å². The molecule has 0 aliphatic heterocycles. The number of esters is 1. The van der Waals surface area contributed by atoms with E-state index in [1.165, 1.54) is 7.11 Å². The van der Waals surface area contributed by atoms with E-state index >= 15 is 0 Å². The first kappa shape index (κ1) is 15.8. The number of rotatable bonds is 6. The smallest absolute Gasteiger partial charge is 0.334 e. The maximum atomic E-state index is 12.2. The van der Waals surface area contributed by atoms with Gasteiger partial charge in [-0.2, -0.15) is 0 Å². The van der Waals surface area contributed by atoms with Crippen LogP contribution in [0.3, 0.4) is 0 Å². The van der Waals surface area contributed by atoms with Crippen LogP contribution in [0.1, 0.15) is 13.8 Å². The van der Waals surface area contributed by atoms with E-state index in [-0.39, 0.29) is 18.5 Å². The molecule has 1 aromatic rings. The zero-order chi connectivity index (χ0) is 14.5. The maximum Gasteiger partial charge on any atom is 0.334 e. The van der Waals surface area contributed by atoms with Crippen molar-refractivity contribution in [3.63, 3.8) is 0 Å². The largest absolute Gasteiger partial charge is 0.467 e. The average molecular weight is 286 g/mol. The van der Waals surface area contributed by atoms with Crippen molar-refractivity contribution in [3.05, 3.63) is 29.3 Å². The van der Waals surface area contributed by atoms with E-state index in [0.717, 1.165) is 0 Å². The van der Waals surface area contributed by atoms with E-state index in [4.69, 9.17) is 21.1 Å². The molecule has 0 spiro atoms. The molecule has 1 rings (SSSR count). The molecule has 1 unspecified atom stereocenters. The molecule has 1 atom stereocenters. The SMILES string of the molecule is COCC(Nc1ccccc1Cl)(C(=O)OC)C(C)C. The molecule has 4 nitrogen and oxygen atoms in total. The topological polar surface area (TPSA) is 47.6 Å². The van der Waals surface area contributed by atoms with Gasteiger partial charge in [0.05, 0.1) is 24.4 Å². The van der Waals surface area contributed by atoms with Crippen LogP contribution in [0, 0.1) is 5.92 Å². The Morgan fingerprint density at radius 3 is 2.47 bits per heavy atom. The van der Waals surface area contributed by atoms with Gasteiger partial charge in [0.15, 0.2) is 5.54 Å². The number of ether oxygens (including phenoxy) is 2. The van der Waals surface area contributed by atoms with Crippen molar-refractivity contribution >= 4 is 23.3 Å². The Balaban J connectivity index is 3.16. The zero-order valence-electron chi connectivity index (χ0n) is 11.7. The van der Waals surface area contributed by atoms with Crippen LogP contribution in [0.15, 0.2) is 24.3 Å². The average Bonchev–Trinajstić information content (AvgIpc) is 2.39. The highest BCUT2D eigenvalue weighted by Crippen LogP contribution is 2.29. The van der Waals surface area contributed by atoms with E-state index in [9.17, 15) is 4.79 Å². The molecule has 0 fully saturated rings. The van der Waals surface area contributed by atoms with Crippen LogP contribution < -0.4 is 5.32 Å². The van der Waals surface area contributed by atoms with Gasteiger partial charge in [0, 0.05) is 7.11 Å². The van der Waals surface area contributed by atoms with Gasteiger partial charge in [-0.3, -0.25) is 0 Å². The van der Waals surface area contributed by atoms with Gasteiger partial charge in [-0.15, -0.1) is 0 Å². The van der Waals surface area contributed by atoms with Crippen LogP contribution in [-0.4, -0.2) is 32.3 Å². The highest BCUT2D eigenvalue weighted by Gasteiger charge is 2.43.